The van der Waals surface area contributed by atoms with Crippen molar-refractivity contribution in [3.05, 3.63) is 76.5 Å². The minimum atomic E-state index is -1.36. The molecule has 3 rings (SSSR count). The molecule has 0 saturated carbocycles. The van der Waals surface area contributed by atoms with Crippen molar-refractivity contribution in [1.29, 1.82) is 0 Å². The highest BCUT2D eigenvalue weighted by Gasteiger charge is 2.41. The molecule has 0 aliphatic carbocycles. The van der Waals surface area contributed by atoms with Gasteiger partial charge in [-0.2, -0.15) is 0 Å². The van der Waals surface area contributed by atoms with Crippen LogP contribution in [0.15, 0.2) is 47.7 Å². The standard InChI is InChI=1S/C20H17F4N3O2/c1-10-16(19(28)25-11-7-8-12(21)15(24)9-11)18(27(3)20(29)26(10)2)17-13(22)5-4-6-14(17)23/h4-9,18H,1-3H3,(H,25,28)/t18-/m0/s1. The summed E-state index contributed by atoms with van der Waals surface area (Å²) in [6.45, 7) is 1.46. The van der Waals surface area contributed by atoms with Crippen molar-refractivity contribution in [2.75, 3.05) is 19.4 Å². The predicted octanol–water partition coefficient (Wildman–Crippen LogP) is 4.19. The molecule has 1 aliphatic rings. The molecular weight excluding hydrogens is 390 g/mol. The Morgan fingerprint density at radius 3 is 2.17 bits per heavy atom. The molecule has 29 heavy (non-hydrogen) atoms. The Hall–Kier alpha value is -3.36. The summed E-state index contributed by atoms with van der Waals surface area (Å²) in [5.74, 6) is -4.92. The Bertz CT molecular complexity index is 1020. The number of benzene rings is 2. The second kappa shape index (κ2) is 7.57. The van der Waals surface area contributed by atoms with Gasteiger partial charge in [0.15, 0.2) is 11.6 Å². The minimum Gasteiger partial charge on any atom is -0.322 e. The summed E-state index contributed by atoms with van der Waals surface area (Å²) in [7, 11) is 2.72. The summed E-state index contributed by atoms with van der Waals surface area (Å²) in [6, 6.07) is 4.05. The first-order chi connectivity index (χ1) is 13.6. The highest BCUT2D eigenvalue weighted by atomic mass is 19.2. The van der Waals surface area contributed by atoms with Crippen LogP contribution in [-0.2, 0) is 4.79 Å². The molecule has 0 bridgehead atoms. The molecule has 3 amide bonds. The van der Waals surface area contributed by atoms with Crippen LogP contribution in [0.25, 0.3) is 0 Å². The van der Waals surface area contributed by atoms with Gasteiger partial charge in [0.05, 0.1) is 17.2 Å². The van der Waals surface area contributed by atoms with Gasteiger partial charge in [0, 0.05) is 31.5 Å². The number of urea groups is 1. The van der Waals surface area contributed by atoms with Crippen LogP contribution in [0.5, 0.6) is 0 Å². The fourth-order valence-electron chi connectivity index (χ4n) is 3.23. The number of carbonyl (C=O) groups is 2. The first-order valence-corrected chi connectivity index (χ1v) is 8.55. The summed E-state index contributed by atoms with van der Waals surface area (Å²) >= 11 is 0. The monoisotopic (exact) mass is 407 g/mol. The van der Waals surface area contributed by atoms with Gasteiger partial charge >= 0.3 is 6.03 Å². The summed E-state index contributed by atoms with van der Waals surface area (Å²) in [6.07, 6.45) is 0. The Balaban J connectivity index is 2.11. The van der Waals surface area contributed by atoms with Crippen LogP contribution < -0.4 is 5.32 Å². The lowest BCUT2D eigenvalue weighted by Crippen LogP contribution is -2.48. The van der Waals surface area contributed by atoms with E-state index in [0.717, 1.165) is 40.1 Å². The number of carbonyl (C=O) groups excluding carboxylic acids is 2. The molecule has 2 aromatic carbocycles. The summed E-state index contributed by atoms with van der Waals surface area (Å²) in [5, 5.41) is 2.39. The summed E-state index contributed by atoms with van der Waals surface area (Å²) < 4.78 is 55.6. The van der Waals surface area contributed by atoms with Crippen LogP contribution in [0.3, 0.4) is 0 Å². The maximum Gasteiger partial charge on any atom is 0.324 e. The molecule has 9 heteroatoms. The van der Waals surface area contributed by atoms with E-state index in [1.165, 1.54) is 27.1 Å². The Labute approximate surface area is 164 Å². The van der Waals surface area contributed by atoms with Crippen LogP contribution in [0.2, 0.25) is 0 Å². The zero-order chi connectivity index (χ0) is 21.5. The van der Waals surface area contributed by atoms with E-state index in [-0.39, 0.29) is 17.0 Å². The maximum atomic E-state index is 14.5. The van der Waals surface area contributed by atoms with Crippen molar-refractivity contribution in [1.82, 2.24) is 9.80 Å². The molecule has 0 unspecified atom stereocenters. The molecule has 0 saturated heterocycles. The highest BCUT2D eigenvalue weighted by molar-refractivity contribution is 6.06. The van der Waals surface area contributed by atoms with E-state index in [4.69, 9.17) is 0 Å². The van der Waals surface area contributed by atoms with Crippen LogP contribution >= 0.6 is 0 Å². The van der Waals surface area contributed by atoms with Crippen LogP contribution in [-0.4, -0.2) is 35.8 Å². The molecule has 0 fully saturated rings. The topological polar surface area (TPSA) is 52.7 Å². The van der Waals surface area contributed by atoms with E-state index in [2.05, 4.69) is 5.32 Å². The fraction of sp³-hybridized carbons (Fsp3) is 0.200. The lowest BCUT2D eigenvalue weighted by molar-refractivity contribution is -0.113. The molecule has 1 aliphatic heterocycles. The maximum absolute atomic E-state index is 14.5. The van der Waals surface area contributed by atoms with E-state index < -0.39 is 46.8 Å². The third-order valence-electron chi connectivity index (χ3n) is 4.84. The van der Waals surface area contributed by atoms with E-state index in [0.29, 0.717) is 0 Å². The number of nitrogens with zero attached hydrogens (tertiary/aromatic N) is 2. The number of nitrogens with one attached hydrogen (secondary N) is 1. The van der Waals surface area contributed by atoms with Gasteiger partial charge in [0.2, 0.25) is 0 Å². The Morgan fingerprint density at radius 2 is 1.59 bits per heavy atom. The van der Waals surface area contributed by atoms with Crippen LogP contribution in [0, 0.1) is 23.3 Å². The molecule has 0 radical (unpaired) electrons. The molecule has 0 aromatic heterocycles. The van der Waals surface area contributed by atoms with Gasteiger partial charge in [-0.1, -0.05) is 6.07 Å². The zero-order valence-corrected chi connectivity index (χ0v) is 15.8. The van der Waals surface area contributed by atoms with Crippen molar-refractivity contribution < 1.29 is 27.2 Å². The average molecular weight is 407 g/mol. The lowest BCUT2D eigenvalue weighted by atomic mass is 9.92. The average Bonchev–Trinajstić information content (AvgIpc) is 2.66. The minimum absolute atomic E-state index is 0.0517. The van der Waals surface area contributed by atoms with Gasteiger partial charge in [0.25, 0.3) is 5.91 Å². The number of allylic oxidation sites excluding steroid dienone is 1. The number of rotatable bonds is 3. The van der Waals surface area contributed by atoms with Crippen molar-refractivity contribution in [3.63, 3.8) is 0 Å². The number of halogens is 4. The van der Waals surface area contributed by atoms with E-state index >= 15 is 0 Å². The second-order valence-electron chi connectivity index (χ2n) is 6.57. The van der Waals surface area contributed by atoms with Crippen molar-refractivity contribution in [3.8, 4) is 0 Å². The molecule has 1 atom stereocenters. The normalized spacial score (nSPS) is 17.1. The van der Waals surface area contributed by atoms with Crippen molar-refractivity contribution >= 4 is 17.6 Å². The first-order valence-electron chi connectivity index (χ1n) is 8.55. The third-order valence-corrected chi connectivity index (χ3v) is 4.84. The first kappa shape index (κ1) is 20.4. The third kappa shape index (κ3) is 3.55. The van der Waals surface area contributed by atoms with Gasteiger partial charge in [0.1, 0.15) is 11.6 Å². The van der Waals surface area contributed by atoms with E-state index in [1.54, 1.807) is 0 Å². The number of likely N-dealkylation sites (N-methyl/N-ethyl adjacent to an activating group) is 1. The Morgan fingerprint density at radius 1 is 0.966 bits per heavy atom. The molecule has 1 N–H and O–H groups in total. The lowest BCUT2D eigenvalue weighted by Gasteiger charge is -2.40. The summed E-state index contributed by atoms with van der Waals surface area (Å²) in [4.78, 5) is 27.7. The van der Waals surface area contributed by atoms with Gasteiger partial charge < -0.3 is 15.1 Å². The fourth-order valence-corrected chi connectivity index (χ4v) is 3.23. The molecule has 1 heterocycles. The SMILES string of the molecule is CC1=C(C(=O)Nc2ccc(F)c(F)c2)[C@@H](c2c(F)cccc2F)N(C)C(=O)N1C. The number of hydrogen-bond acceptors (Lipinski definition) is 2. The number of amides is 3. The highest BCUT2D eigenvalue weighted by Crippen LogP contribution is 2.38. The Kier molecular flexibility index (Phi) is 5.32. The van der Waals surface area contributed by atoms with Crippen LogP contribution in [0.4, 0.5) is 28.0 Å². The van der Waals surface area contributed by atoms with Crippen LogP contribution in [0.1, 0.15) is 18.5 Å². The molecular formula is C20H17F4N3O2. The molecule has 152 valence electrons. The molecule has 5 nitrogen and oxygen atoms in total. The number of hydrogen-bond donors (Lipinski definition) is 1. The van der Waals surface area contributed by atoms with Gasteiger partial charge in [-0.05, 0) is 31.2 Å². The number of anilines is 1. The second-order valence-corrected chi connectivity index (χ2v) is 6.57. The largest absolute Gasteiger partial charge is 0.324 e. The zero-order valence-electron chi connectivity index (χ0n) is 15.8. The van der Waals surface area contributed by atoms with E-state index in [1.807, 2.05) is 0 Å². The predicted molar refractivity (Wildman–Crippen MR) is 97.7 cm³/mol. The van der Waals surface area contributed by atoms with Gasteiger partial charge in [-0.15, -0.1) is 0 Å². The molecule has 0 spiro atoms. The van der Waals surface area contributed by atoms with Gasteiger partial charge in [-0.25, -0.2) is 22.4 Å². The quantitative estimate of drug-likeness (QED) is 0.776. The molecule has 2 aromatic rings. The summed E-state index contributed by atoms with van der Waals surface area (Å²) in [5.41, 5.74) is -0.459. The van der Waals surface area contributed by atoms with Gasteiger partial charge in [-0.3, -0.25) is 4.79 Å². The van der Waals surface area contributed by atoms with E-state index in [9.17, 15) is 27.2 Å². The smallest absolute Gasteiger partial charge is 0.322 e. The van der Waals surface area contributed by atoms with Crippen molar-refractivity contribution in [2.45, 2.75) is 13.0 Å². The van der Waals surface area contributed by atoms with Crippen molar-refractivity contribution in [2.24, 2.45) is 0 Å².